The summed E-state index contributed by atoms with van der Waals surface area (Å²) in [6, 6.07) is 0. The summed E-state index contributed by atoms with van der Waals surface area (Å²) in [5.41, 5.74) is 0.113. The van der Waals surface area contributed by atoms with Crippen LogP contribution in [0, 0.1) is 40.4 Å². The van der Waals surface area contributed by atoms with E-state index in [-0.39, 0.29) is 22.7 Å². The van der Waals surface area contributed by atoms with Crippen LogP contribution in [-0.2, 0) is 9.59 Å². The van der Waals surface area contributed by atoms with E-state index < -0.39 is 0 Å². The van der Waals surface area contributed by atoms with E-state index >= 15 is 0 Å². The Hall–Kier alpha value is -0.920. The second kappa shape index (κ2) is 5.04. The molecule has 0 aromatic heterocycles. The Morgan fingerprint density at radius 3 is 2.61 bits per heavy atom. The maximum atomic E-state index is 13.3. The smallest absolute Gasteiger partial charge is 0.137 e. The topological polar surface area (TPSA) is 34.1 Å². The summed E-state index contributed by atoms with van der Waals surface area (Å²) in [6.45, 7) is 6.37. The zero-order valence-electron chi connectivity index (χ0n) is 14.8. The fraction of sp³-hybridized carbons (Fsp3) is 0.810. The average Bonchev–Trinajstić information content (AvgIpc) is 2.82. The van der Waals surface area contributed by atoms with Crippen LogP contribution in [0.5, 0.6) is 0 Å². The minimum absolute atomic E-state index is 0.0578. The lowest BCUT2D eigenvalue weighted by molar-refractivity contribution is -0.155. The van der Waals surface area contributed by atoms with Crippen molar-refractivity contribution in [1.29, 1.82) is 0 Å². The summed E-state index contributed by atoms with van der Waals surface area (Å²) in [5.74, 6) is 2.95. The van der Waals surface area contributed by atoms with Gasteiger partial charge in [-0.15, -0.1) is 0 Å². The van der Waals surface area contributed by atoms with Crippen molar-refractivity contribution in [3.8, 4) is 0 Å². The Morgan fingerprint density at radius 2 is 1.87 bits per heavy atom. The molecule has 0 N–H and O–H groups in total. The molecule has 126 valence electrons. The molecular weight excluding hydrogens is 284 g/mol. The van der Waals surface area contributed by atoms with Gasteiger partial charge in [-0.25, -0.2) is 0 Å². The zero-order valence-corrected chi connectivity index (χ0v) is 14.8. The molecule has 4 rings (SSSR count). The van der Waals surface area contributed by atoms with Crippen LogP contribution >= 0.6 is 0 Å². The predicted molar refractivity (Wildman–Crippen MR) is 90.8 cm³/mol. The first kappa shape index (κ1) is 15.6. The number of Topliss-reactive ketones (excluding diaryl/α,β-unsaturated/α-hetero) is 2. The van der Waals surface area contributed by atoms with Crippen LogP contribution < -0.4 is 0 Å². The Labute approximate surface area is 140 Å². The van der Waals surface area contributed by atoms with Gasteiger partial charge in [-0.3, -0.25) is 9.59 Å². The van der Waals surface area contributed by atoms with Gasteiger partial charge in [0, 0.05) is 18.3 Å². The molecular formula is C21H30O2. The largest absolute Gasteiger partial charge is 0.300 e. The van der Waals surface area contributed by atoms with Crippen molar-refractivity contribution in [2.24, 2.45) is 40.4 Å². The van der Waals surface area contributed by atoms with Crippen LogP contribution in [0.3, 0.4) is 0 Å². The van der Waals surface area contributed by atoms with E-state index in [4.69, 9.17) is 0 Å². The van der Waals surface area contributed by atoms with Gasteiger partial charge in [0.1, 0.15) is 11.6 Å². The number of ketones is 2. The van der Waals surface area contributed by atoms with Crippen LogP contribution in [0.25, 0.3) is 0 Å². The van der Waals surface area contributed by atoms with Crippen LogP contribution in [0.1, 0.15) is 65.7 Å². The lowest BCUT2D eigenvalue weighted by Gasteiger charge is -2.58. The summed E-state index contributed by atoms with van der Waals surface area (Å²) in [4.78, 5) is 25.4. The standard InChI is InChI=1S/C21H30O2/c1-13(22)16-9-10-17-15-8-7-14-6-4-5-11-20(14,2)19(15)18(23)12-21(16,17)3/h4-5,14-17,19H,6-12H2,1-3H3. The van der Waals surface area contributed by atoms with Gasteiger partial charge in [-0.2, -0.15) is 0 Å². The summed E-state index contributed by atoms with van der Waals surface area (Å²) >= 11 is 0. The van der Waals surface area contributed by atoms with Gasteiger partial charge in [-0.05, 0) is 74.0 Å². The summed E-state index contributed by atoms with van der Waals surface area (Å²) < 4.78 is 0. The highest BCUT2D eigenvalue weighted by Gasteiger charge is 2.63. The van der Waals surface area contributed by atoms with Crippen molar-refractivity contribution < 1.29 is 9.59 Å². The molecule has 2 heteroatoms. The first-order valence-electron chi connectivity index (χ1n) is 9.56. The third-order valence-corrected chi connectivity index (χ3v) is 8.38. The molecule has 0 aromatic carbocycles. The number of hydrogen-bond donors (Lipinski definition) is 0. The zero-order chi connectivity index (χ0) is 16.4. The molecule has 3 fully saturated rings. The molecule has 0 spiro atoms. The molecule has 4 aliphatic rings. The molecule has 0 bridgehead atoms. The van der Waals surface area contributed by atoms with Crippen molar-refractivity contribution in [1.82, 2.24) is 0 Å². The molecule has 7 unspecified atom stereocenters. The Morgan fingerprint density at radius 1 is 1.09 bits per heavy atom. The van der Waals surface area contributed by atoms with Gasteiger partial charge in [0.25, 0.3) is 0 Å². The Bertz CT molecular complexity index is 576. The minimum Gasteiger partial charge on any atom is -0.300 e. The lowest BCUT2D eigenvalue weighted by Crippen LogP contribution is -2.56. The first-order chi connectivity index (χ1) is 10.9. The van der Waals surface area contributed by atoms with Gasteiger partial charge in [0.05, 0.1) is 0 Å². The number of allylic oxidation sites excluding steroid dienone is 2. The van der Waals surface area contributed by atoms with Crippen molar-refractivity contribution in [2.45, 2.75) is 65.7 Å². The third-order valence-electron chi connectivity index (χ3n) is 8.38. The van der Waals surface area contributed by atoms with E-state index in [0.717, 1.165) is 25.7 Å². The number of fused-ring (bicyclic) bond motifs is 5. The van der Waals surface area contributed by atoms with Gasteiger partial charge in [0.2, 0.25) is 0 Å². The lowest BCUT2D eigenvalue weighted by atomic mass is 9.45. The Kier molecular flexibility index (Phi) is 3.42. The fourth-order valence-corrected chi connectivity index (χ4v) is 7.33. The molecule has 0 radical (unpaired) electrons. The maximum absolute atomic E-state index is 13.3. The SMILES string of the molecule is CC(=O)C1CCC2C3CCC4CC=CCC4(C)C3C(=O)CC12C. The normalized spacial score (nSPS) is 51.8. The number of carbonyl (C=O) groups is 2. The first-order valence-corrected chi connectivity index (χ1v) is 9.56. The van der Waals surface area contributed by atoms with Crippen LogP contribution in [0.15, 0.2) is 12.2 Å². The molecule has 23 heavy (non-hydrogen) atoms. The molecule has 0 aromatic rings. The van der Waals surface area contributed by atoms with Gasteiger partial charge >= 0.3 is 0 Å². The number of carbonyl (C=O) groups excluding carboxylic acids is 2. The third kappa shape index (κ3) is 1.99. The predicted octanol–water partition coefficient (Wildman–Crippen LogP) is 4.58. The molecule has 7 atom stereocenters. The second-order valence-corrected chi connectivity index (χ2v) is 9.33. The molecule has 0 aliphatic heterocycles. The highest BCUT2D eigenvalue weighted by atomic mass is 16.1. The van der Waals surface area contributed by atoms with E-state index in [1.807, 2.05) is 0 Å². The monoisotopic (exact) mass is 314 g/mol. The van der Waals surface area contributed by atoms with E-state index in [0.29, 0.717) is 35.7 Å². The summed E-state index contributed by atoms with van der Waals surface area (Å²) in [5, 5.41) is 0. The second-order valence-electron chi connectivity index (χ2n) is 9.33. The van der Waals surface area contributed by atoms with Crippen molar-refractivity contribution in [3.63, 3.8) is 0 Å². The maximum Gasteiger partial charge on any atom is 0.137 e. The van der Waals surface area contributed by atoms with E-state index in [2.05, 4.69) is 26.0 Å². The van der Waals surface area contributed by atoms with Gasteiger partial charge in [-0.1, -0.05) is 26.0 Å². The van der Waals surface area contributed by atoms with Crippen LogP contribution in [-0.4, -0.2) is 11.6 Å². The quantitative estimate of drug-likeness (QED) is 0.664. The van der Waals surface area contributed by atoms with Gasteiger partial charge in [0.15, 0.2) is 0 Å². The molecule has 0 heterocycles. The highest BCUT2D eigenvalue weighted by molar-refractivity contribution is 5.87. The van der Waals surface area contributed by atoms with Gasteiger partial charge < -0.3 is 0 Å². The van der Waals surface area contributed by atoms with Crippen molar-refractivity contribution in [3.05, 3.63) is 12.2 Å². The number of hydrogen-bond acceptors (Lipinski definition) is 2. The van der Waals surface area contributed by atoms with Crippen LogP contribution in [0.2, 0.25) is 0 Å². The molecule has 0 saturated heterocycles. The van der Waals surface area contributed by atoms with E-state index in [1.165, 1.54) is 12.8 Å². The number of rotatable bonds is 1. The fourth-order valence-electron chi connectivity index (χ4n) is 7.33. The summed E-state index contributed by atoms with van der Waals surface area (Å²) in [6.07, 6.45) is 12.2. The average molecular weight is 314 g/mol. The van der Waals surface area contributed by atoms with Crippen LogP contribution in [0.4, 0.5) is 0 Å². The Balaban J connectivity index is 1.72. The van der Waals surface area contributed by atoms with Crippen molar-refractivity contribution in [2.75, 3.05) is 0 Å². The van der Waals surface area contributed by atoms with E-state index in [1.54, 1.807) is 6.92 Å². The molecule has 3 saturated carbocycles. The van der Waals surface area contributed by atoms with Crippen molar-refractivity contribution >= 4 is 11.6 Å². The minimum atomic E-state index is -0.0578. The summed E-state index contributed by atoms with van der Waals surface area (Å²) in [7, 11) is 0. The molecule has 0 amide bonds. The highest BCUT2D eigenvalue weighted by Crippen LogP contribution is 2.65. The molecule has 4 aliphatic carbocycles. The van der Waals surface area contributed by atoms with E-state index in [9.17, 15) is 9.59 Å². The molecule has 2 nitrogen and oxygen atoms in total.